The number of benzene rings is 2. The number of amidine groups is 1. The first kappa shape index (κ1) is 18.9. The number of nitrogens with two attached hydrogens (primary N) is 1. The van der Waals surface area contributed by atoms with Gasteiger partial charge in [0.05, 0.1) is 12.8 Å². The van der Waals surface area contributed by atoms with Gasteiger partial charge >= 0.3 is 0 Å². The molecule has 0 spiro atoms. The number of hydrogen-bond donors (Lipinski definition) is 1. The lowest BCUT2D eigenvalue weighted by molar-refractivity contribution is 0.269. The Morgan fingerprint density at radius 1 is 1.12 bits per heavy atom. The third-order valence-corrected chi connectivity index (χ3v) is 3.85. The lowest BCUT2D eigenvalue weighted by Gasteiger charge is -2.12. The van der Waals surface area contributed by atoms with Gasteiger partial charge in [0, 0.05) is 0 Å². The molecule has 0 aliphatic carbocycles. The topological polar surface area (TPSA) is 69.2 Å². The second kappa shape index (κ2) is 9.74. The molecule has 0 aliphatic heterocycles. The minimum atomic E-state index is 0.416. The van der Waals surface area contributed by atoms with Gasteiger partial charge in [-0.3, -0.25) is 0 Å². The first-order valence-electron chi connectivity index (χ1n) is 7.98. The standard InChI is InChI=1S/C19H23N3O2S/c1-4-23-18-11-16(12-21-22-19(20)25-3)9-10-17(18)24-13-15-7-5-14(2)6-8-15/h5-12H,4,13H2,1-3H3,(H2,20,22)/b21-12-. The Balaban J connectivity index is 2.10. The molecule has 0 fully saturated rings. The van der Waals surface area contributed by atoms with Gasteiger partial charge < -0.3 is 15.2 Å². The molecule has 0 bridgehead atoms. The number of thioether (sulfide) groups is 1. The maximum absolute atomic E-state index is 5.91. The molecule has 0 aromatic heterocycles. The van der Waals surface area contributed by atoms with Crippen molar-refractivity contribution in [3.63, 3.8) is 0 Å². The molecule has 5 nitrogen and oxygen atoms in total. The van der Waals surface area contributed by atoms with Gasteiger partial charge in [0.25, 0.3) is 0 Å². The molecule has 0 atom stereocenters. The van der Waals surface area contributed by atoms with Crippen LogP contribution in [0.5, 0.6) is 11.5 Å². The summed E-state index contributed by atoms with van der Waals surface area (Å²) in [7, 11) is 0. The van der Waals surface area contributed by atoms with Gasteiger partial charge in [0.2, 0.25) is 0 Å². The molecule has 2 rings (SSSR count). The van der Waals surface area contributed by atoms with Crippen LogP contribution >= 0.6 is 11.8 Å². The number of ether oxygens (including phenoxy) is 2. The van der Waals surface area contributed by atoms with E-state index in [1.807, 2.05) is 31.4 Å². The molecule has 0 amide bonds. The molecule has 132 valence electrons. The van der Waals surface area contributed by atoms with Crippen molar-refractivity contribution in [2.45, 2.75) is 20.5 Å². The predicted octanol–water partition coefficient (Wildman–Crippen LogP) is 3.98. The van der Waals surface area contributed by atoms with E-state index >= 15 is 0 Å². The van der Waals surface area contributed by atoms with Crippen molar-refractivity contribution in [3.8, 4) is 11.5 Å². The fraction of sp³-hybridized carbons (Fsp3) is 0.263. The van der Waals surface area contributed by atoms with Crippen molar-refractivity contribution < 1.29 is 9.47 Å². The summed E-state index contributed by atoms with van der Waals surface area (Å²) in [6.07, 6.45) is 3.48. The van der Waals surface area contributed by atoms with E-state index in [0.717, 1.165) is 11.1 Å². The highest BCUT2D eigenvalue weighted by Crippen LogP contribution is 2.29. The van der Waals surface area contributed by atoms with E-state index in [4.69, 9.17) is 15.2 Å². The summed E-state index contributed by atoms with van der Waals surface area (Å²) in [6.45, 7) is 5.05. The van der Waals surface area contributed by atoms with E-state index in [9.17, 15) is 0 Å². The molecule has 0 unspecified atom stereocenters. The third-order valence-electron chi connectivity index (χ3n) is 3.35. The van der Waals surface area contributed by atoms with E-state index in [0.29, 0.717) is 29.9 Å². The van der Waals surface area contributed by atoms with Crippen LogP contribution in [0, 0.1) is 6.92 Å². The zero-order chi connectivity index (χ0) is 18.1. The summed E-state index contributed by atoms with van der Waals surface area (Å²) in [5.41, 5.74) is 8.80. The zero-order valence-corrected chi connectivity index (χ0v) is 15.5. The van der Waals surface area contributed by atoms with Crippen LogP contribution < -0.4 is 15.2 Å². The maximum Gasteiger partial charge on any atom is 0.180 e. The normalized spacial score (nSPS) is 11.7. The molecule has 2 aromatic carbocycles. The van der Waals surface area contributed by atoms with E-state index in [-0.39, 0.29) is 0 Å². The molecular weight excluding hydrogens is 334 g/mol. The van der Waals surface area contributed by atoms with Crippen LogP contribution in [0.15, 0.2) is 52.7 Å². The van der Waals surface area contributed by atoms with E-state index in [1.165, 1.54) is 17.3 Å². The summed E-state index contributed by atoms with van der Waals surface area (Å²) in [6, 6.07) is 13.9. The smallest absolute Gasteiger partial charge is 0.180 e. The summed E-state index contributed by atoms with van der Waals surface area (Å²) >= 11 is 1.35. The zero-order valence-electron chi connectivity index (χ0n) is 14.7. The Kier molecular flexibility index (Phi) is 7.35. The van der Waals surface area contributed by atoms with E-state index in [1.54, 1.807) is 6.21 Å². The van der Waals surface area contributed by atoms with Crippen molar-refractivity contribution in [1.29, 1.82) is 0 Å². The summed E-state index contributed by atoms with van der Waals surface area (Å²) < 4.78 is 11.6. The fourth-order valence-electron chi connectivity index (χ4n) is 2.03. The minimum absolute atomic E-state index is 0.416. The third kappa shape index (κ3) is 6.15. The molecule has 0 radical (unpaired) electrons. The lowest BCUT2D eigenvalue weighted by atomic mass is 10.2. The van der Waals surface area contributed by atoms with Crippen molar-refractivity contribution in [1.82, 2.24) is 0 Å². The van der Waals surface area contributed by atoms with Crippen molar-refractivity contribution in [3.05, 3.63) is 59.2 Å². The molecule has 25 heavy (non-hydrogen) atoms. The SMILES string of the molecule is CCOc1cc(/C=N\N=C(/N)SC)ccc1OCc1ccc(C)cc1. The Labute approximate surface area is 152 Å². The average molecular weight is 357 g/mol. The van der Waals surface area contributed by atoms with Crippen molar-refractivity contribution in [2.24, 2.45) is 15.9 Å². The first-order valence-corrected chi connectivity index (χ1v) is 9.20. The van der Waals surface area contributed by atoms with Crippen molar-refractivity contribution >= 4 is 23.1 Å². The summed E-state index contributed by atoms with van der Waals surface area (Å²) in [4.78, 5) is 0. The quantitative estimate of drug-likeness (QED) is 0.462. The van der Waals surface area contributed by atoms with Crippen LogP contribution in [-0.2, 0) is 6.61 Å². The molecule has 0 saturated carbocycles. The fourth-order valence-corrected chi connectivity index (χ4v) is 2.16. The van der Waals surface area contributed by atoms with E-state index < -0.39 is 0 Å². The van der Waals surface area contributed by atoms with Crippen LogP contribution in [0.1, 0.15) is 23.6 Å². The van der Waals surface area contributed by atoms with Gasteiger partial charge in [-0.05, 0) is 49.4 Å². The number of rotatable bonds is 7. The number of nitrogens with zero attached hydrogens (tertiary/aromatic N) is 2. The van der Waals surface area contributed by atoms with E-state index in [2.05, 4.69) is 41.4 Å². The van der Waals surface area contributed by atoms with Crippen molar-refractivity contribution in [2.75, 3.05) is 12.9 Å². The molecule has 6 heteroatoms. The van der Waals surface area contributed by atoms with Gasteiger partial charge in [0.15, 0.2) is 16.7 Å². The highest BCUT2D eigenvalue weighted by atomic mass is 32.2. The molecule has 2 N–H and O–H groups in total. The van der Waals surface area contributed by atoms with Gasteiger partial charge in [-0.25, -0.2) is 0 Å². The second-order valence-corrected chi connectivity index (χ2v) is 6.13. The van der Waals surface area contributed by atoms with Gasteiger partial charge in [0.1, 0.15) is 6.61 Å². The Bertz CT molecular complexity index is 743. The minimum Gasteiger partial charge on any atom is -0.490 e. The molecule has 0 saturated heterocycles. The predicted molar refractivity (Wildman–Crippen MR) is 106 cm³/mol. The Hall–Kier alpha value is -2.47. The lowest BCUT2D eigenvalue weighted by Crippen LogP contribution is -2.04. The highest BCUT2D eigenvalue weighted by Gasteiger charge is 2.06. The maximum atomic E-state index is 5.91. The van der Waals surface area contributed by atoms with Gasteiger partial charge in [-0.15, -0.1) is 5.10 Å². The summed E-state index contributed by atoms with van der Waals surface area (Å²) in [5.74, 6) is 1.38. The van der Waals surface area contributed by atoms with Crippen LogP contribution in [-0.4, -0.2) is 24.2 Å². The van der Waals surface area contributed by atoms with Crippen LogP contribution in [0.2, 0.25) is 0 Å². The van der Waals surface area contributed by atoms with Crippen LogP contribution in [0.3, 0.4) is 0 Å². The largest absolute Gasteiger partial charge is 0.490 e. The monoisotopic (exact) mass is 357 g/mol. The number of aryl methyl sites for hydroxylation is 1. The van der Waals surface area contributed by atoms with Crippen LogP contribution in [0.25, 0.3) is 0 Å². The number of hydrogen-bond acceptors (Lipinski definition) is 5. The molecule has 0 aliphatic rings. The van der Waals surface area contributed by atoms with Gasteiger partial charge in [-0.2, -0.15) is 5.10 Å². The van der Waals surface area contributed by atoms with Crippen LogP contribution in [0.4, 0.5) is 0 Å². The first-order chi connectivity index (χ1) is 12.1. The van der Waals surface area contributed by atoms with Gasteiger partial charge in [-0.1, -0.05) is 41.6 Å². The molecule has 0 heterocycles. The molecular formula is C19H23N3O2S. The summed E-state index contributed by atoms with van der Waals surface area (Å²) in [5, 5.41) is 8.26. The molecule has 2 aromatic rings. The highest BCUT2D eigenvalue weighted by molar-refractivity contribution is 8.13. The Morgan fingerprint density at radius 2 is 1.88 bits per heavy atom. The Morgan fingerprint density at radius 3 is 2.56 bits per heavy atom. The average Bonchev–Trinajstić information content (AvgIpc) is 2.62. The second-order valence-electron chi connectivity index (χ2n) is 5.30.